The molecule has 0 aliphatic carbocycles. The molecule has 0 radical (unpaired) electrons. The number of halogens is 1. The molecule has 1 aromatic carbocycles. The van der Waals surface area contributed by atoms with Gasteiger partial charge in [-0.2, -0.15) is 0 Å². The second-order valence-corrected chi connectivity index (χ2v) is 3.83. The van der Waals surface area contributed by atoms with E-state index in [0.717, 1.165) is 11.7 Å². The molecular weight excluding hydrogens is 353 g/mol. The van der Waals surface area contributed by atoms with Gasteiger partial charge in [0.15, 0.2) is 5.96 Å². The number of guanidine groups is 1. The van der Waals surface area contributed by atoms with Crippen LogP contribution in [0.15, 0.2) is 41.9 Å². The molecule has 0 aromatic heterocycles. The minimum absolute atomic E-state index is 0. The molecule has 0 saturated heterocycles. The number of nitrogens with one attached hydrogen (secondary N) is 2. The smallest absolute Gasteiger partial charge is 0.191 e. The van der Waals surface area contributed by atoms with Crippen molar-refractivity contribution in [2.45, 2.75) is 6.92 Å². The van der Waals surface area contributed by atoms with Gasteiger partial charge in [0, 0.05) is 13.6 Å². The first-order valence-corrected chi connectivity index (χ1v) is 6.01. The number of rotatable bonds is 6. The number of hydrogen-bond acceptors (Lipinski definition) is 2. The van der Waals surface area contributed by atoms with Gasteiger partial charge in [-0.05, 0) is 24.6 Å². The van der Waals surface area contributed by atoms with E-state index in [-0.39, 0.29) is 24.0 Å². The topological polar surface area (TPSA) is 45.7 Å². The molecule has 0 bridgehead atoms. The highest BCUT2D eigenvalue weighted by atomic mass is 127. The minimum Gasteiger partial charge on any atom is -0.492 e. The summed E-state index contributed by atoms with van der Waals surface area (Å²) >= 11 is 0. The van der Waals surface area contributed by atoms with E-state index < -0.39 is 0 Å². The van der Waals surface area contributed by atoms with Crippen molar-refractivity contribution in [3.63, 3.8) is 0 Å². The lowest BCUT2D eigenvalue weighted by atomic mass is 10.2. The largest absolute Gasteiger partial charge is 0.492 e. The van der Waals surface area contributed by atoms with Crippen molar-refractivity contribution in [1.82, 2.24) is 10.6 Å². The summed E-state index contributed by atoms with van der Waals surface area (Å²) in [5, 5.41) is 6.25. The number of ether oxygens (including phenoxy) is 1. The van der Waals surface area contributed by atoms with Crippen molar-refractivity contribution >= 4 is 29.9 Å². The molecule has 0 fully saturated rings. The van der Waals surface area contributed by atoms with Crippen molar-refractivity contribution in [3.05, 3.63) is 42.5 Å². The summed E-state index contributed by atoms with van der Waals surface area (Å²) < 4.78 is 5.62. The second kappa shape index (κ2) is 10.7. The summed E-state index contributed by atoms with van der Waals surface area (Å²) in [6.45, 7) is 7.68. The Morgan fingerprint density at radius 3 is 2.84 bits per heavy atom. The van der Waals surface area contributed by atoms with E-state index in [2.05, 4.69) is 22.2 Å². The second-order valence-electron chi connectivity index (χ2n) is 3.83. The predicted octanol–water partition coefficient (Wildman–Crippen LogP) is 2.34. The van der Waals surface area contributed by atoms with Gasteiger partial charge in [-0.1, -0.05) is 18.2 Å². The van der Waals surface area contributed by atoms with Gasteiger partial charge in [0.05, 0.1) is 6.54 Å². The van der Waals surface area contributed by atoms with Gasteiger partial charge in [0.2, 0.25) is 0 Å². The van der Waals surface area contributed by atoms with E-state index in [9.17, 15) is 0 Å². The van der Waals surface area contributed by atoms with Gasteiger partial charge in [0.25, 0.3) is 0 Å². The average molecular weight is 375 g/mol. The summed E-state index contributed by atoms with van der Waals surface area (Å²) in [5.74, 6) is 1.65. The van der Waals surface area contributed by atoms with Crippen LogP contribution >= 0.6 is 24.0 Å². The molecule has 0 saturated carbocycles. The monoisotopic (exact) mass is 375 g/mol. The molecule has 106 valence electrons. The number of aliphatic imine (C=N–C) groups is 1. The lowest BCUT2D eigenvalue weighted by Crippen LogP contribution is -2.39. The van der Waals surface area contributed by atoms with Gasteiger partial charge in [-0.15, -0.1) is 30.6 Å². The Morgan fingerprint density at radius 2 is 2.21 bits per heavy atom. The Kier molecular flexibility index (Phi) is 9.97. The highest BCUT2D eigenvalue weighted by molar-refractivity contribution is 14.0. The van der Waals surface area contributed by atoms with E-state index in [1.165, 1.54) is 5.56 Å². The van der Waals surface area contributed by atoms with Gasteiger partial charge in [-0.25, -0.2) is 0 Å². The molecule has 1 aromatic rings. The predicted molar refractivity (Wildman–Crippen MR) is 91.7 cm³/mol. The molecule has 4 nitrogen and oxygen atoms in total. The average Bonchev–Trinajstić information content (AvgIpc) is 2.38. The Hall–Kier alpha value is -1.24. The van der Waals surface area contributed by atoms with Crippen LogP contribution in [0.4, 0.5) is 0 Å². The zero-order valence-corrected chi connectivity index (χ0v) is 13.8. The standard InChI is InChI=1S/C14H21N3O.HI/c1-4-8-16-14(15-3)17-9-10-18-13-7-5-6-12(2)11-13;/h4-7,11H,1,8-10H2,2-3H3,(H2,15,16,17);1H. The van der Waals surface area contributed by atoms with Gasteiger partial charge >= 0.3 is 0 Å². The highest BCUT2D eigenvalue weighted by Gasteiger charge is 1.96. The van der Waals surface area contributed by atoms with E-state index in [0.29, 0.717) is 19.7 Å². The van der Waals surface area contributed by atoms with Crippen LogP contribution in [-0.2, 0) is 0 Å². The van der Waals surface area contributed by atoms with Gasteiger partial charge < -0.3 is 15.4 Å². The normalized spacial score (nSPS) is 10.3. The van der Waals surface area contributed by atoms with Crippen LogP contribution in [0.2, 0.25) is 0 Å². The minimum atomic E-state index is 0. The molecule has 0 unspecified atom stereocenters. The van der Waals surface area contributed by atoms with Crippen molar-refractivity contribution in [2.24, 2.45) is 4.99 Å². The first-order valence-electron chi connectivity index (χ1n) is 6.01. The maximum atomic E-state index is 5.62. The summed E-state index contributed by atoms with van der Waals surface area (Å²) in [6.07, 6.45) is 1.79. The molecule has 0 aliphatic heterocycles. The Balaban J connectivity index is 0.00000324. The van der Waals surface area contributed by atoms with E-state index >= 15 is 0 Å². The molecule has 0 aliphatic rings. The number of benzene rings is 1. The van der Waals surface area contributed by atoms with Crippen molar-refractivity contribution in [1.29, 1.82) is 0 Å². The lowest BCUT2D eigenvalue weighted by Gasteiger charge is -2.11. The maximum absolute atomic E-state index is 5.62. The quantitative estimate of drug-likeness (QED) is 0.264. The van der Waals surface area contributed by atoms with Crippen molar-refractivity contribution in [2.75, 3.05) is 26.7 Å². The summed E-state index contributed by atoms with van der Waals surface area (Å²) in [6, 6.07) is 8.01. The zero-order chi connectivity index (χ0) is 13.2. The lowest BCUT2D eigenvalue weighted by molar-refractivity contribution is 0.322. The molecule has 19 heavy (non-hydrogen) atoms. The summed E-state index contributed by atoms with van der Waals surface area (Å²) in [5.41, 5.74) is 1.20. The molecule has 0 atom stereocenters. The van der Waals surface area contributed by atoms with E-state index in [1.807, 2.05) is 31.2 Å². The Labute approximate surface area is 132 Å². The third-order valence-corrected chi connectivity index (χ3v) is 2.29. The third kappa shape index (κ3) is 7.71. The zero-order valence-electron chi connectivity index (χ0n) is 11.5. The van der Waals surface area contributed by atoms with Crippen LogP contribution in [-0.4, -0.2) is 32.7 Å². The SMILES string of the molecule is C=CCNC(=NC)NCCOc1cccc(C)c1.I. The fourth-order valence-corrected chi connectivity index (χ4v) is 1.43. The van der Waals surface area contributed by atoms with Crippen LogP contribution in [0, 0.1) is 6.92 Å². The maximum Gasteiger partial charge on any atom is 0.191 e. The first-order chi connectivity index (χ1) is 8.76. The number of nitrogens with zero attached hydrogens (tertiary/aromatic N) is 1. The van der Waals surface area contributed by atoms with Crippen LogP contribution in [0.1, 0.15) is 5.56 Å². The fraction of sp³-hybridized carbons (Fsp3) is 0.357. The molecule has 5 heteroatoms. The highest BCUT2D eigenvalue weighted by Crippen LogP contribution is 2.11. The van der Waals surface area contributed by atoms with Crippen LogP contribution in [0.25, 0.3) is 0 Å². The first kappa shape index (κ1) is 17.8. The molecule has 0 spiro atoms. The van der Waals surface area contributed by atoms with Crippen LogP contribution in [0.3, 0.4) is 0 Å². The molecule has 1 rings (SSSR count). The van der Waals surface area contributed by atoms with Crippen LogP contribution < -0.4 is 15.4 Å². The van der Waals surface area contributed by atoms with Crippen molar-refractivity contribution in [3.8, 4) is 5.75 Å². The summed E-state index contributed by atoms with van der Waals surface area (Å²) in [7, 11) is 1.74. The number of aryl methyl sites for hydroxylation is 1. The fourth-order valence-electron chi connectivity index (χ4n) is 1.43. The van der Waals surface area contributed by atoms with E-state index in [1.54, 1.807) is 13.1 Å². The Morgan fingerprint density at radius 1 is 1.42 bits per heavy atom. The van der Waals surface area contributed by atoms with E-state index in [4.69, 9.17) is 4.74 Å². The van der Waals surface area contributed by atoms with Gasteiger partial charge in [-0.3, -0.25) is 4.99 Å². The van der Waals surface area contributed by atoms with Crippen LogP contribution in [0.5, 0.6) is 5.75 Å². The van der Waals surface area contributed by atoms with Gasteiger partial charge in [0.1, 0.15) is 12.4 Å². The Bertz CT molecular complexity index is 407. The molecule has 0 heterocycles. The van der Waals surface area contributed by atoms with Crippen molar-refractivity contribution < 1.29 is 4.74 Å². The molecule has 0 amide bonds. The summed E-state index contributed by atoms with van der Waals surface area (Å²) in [4.78, 5) is 4.08. The molecule has 2 N–H and O–H groups in total. The number of hydrogen-bond donors (Lipinski definition) is 2. The molecular formula is C14H22IN3O. The third-order valence-electron chi connectivity index (χ3n) is 2.29.